The first kappa shape index (κ1) is 16.9. The van der Waals surface area contributed by atoms with Gasteiger partial charge in [-0.1, -0.05) is 19.1 Å². The van der Waals surface area contributed by atoms with E-state index in [0.29, 0.717) is 13.0 Å². The lowest BCUT2D eigenvalue weighted by atomic mass is 10.1. The summed E-state index contributed by atoms with van der Waals surface area (Å²) in [7, 11) is 0. The number of aliphatic carboxylic acids is 1. The molecule has 1 atom stereocenters. The summed E-state index contributed by atoms with van der Waals surface area (Å²) in [6, 6.07) is 11.0. The fourth-order valence-corrected chi connectivity index (χ4v) is 2.71. The van der Waals surface area contributed by atoms with Crippen LogP contribution in [0.1, 0.15) is 12.5 Å². The Morgan fingerprint density at radius 1 is 1.16 bits per heavy atom. The van der Waals surface area contributed by atoms with Crippen LogP contribution in [0.2, 0.25) is 0 Å². The average molecular weight is 336 g/mol. The van der Waals surface area contributed by atoms with Crippen molar-refractivity contribution in [1.29, 1.82) is 0 Å². The summed E-state index contributed by atoms with van der Waals surface area (Å²) >= 11 is 0. The molecular weight excluding hydrogens is 316 g/mol. The SMILES string of the molecule is CCN[C@@H](Cc1ccc(Nc2nccc3cnccc23)cc1)C(=O)O. The lowest BCUT2D eigenvalue weighted by Gasteiger charge is -2.14. The van der Waals surface area contributed by atoms with Crippen molar-refractivity contribution in [3.8, 4) is 0 Å². The van der Waals surface area contributed by atoms with Crippen molar-refractivity contribution in [1.82, 2.24) is 15.3 Å². The average Bonchev–Trinajstić information content (AvgIpc) is 2.63. The zero-order valence-corrected chi connectivity index (χ0v) is 13.9. The number of pyridine rings is 2. The van der Waals surface area contributed by atoms with E-state index in [4.69, 9.17) is 0 Å². The third-order valence-corrected chi connectivity index (χ3v) is 3.97. The summed E-state index contributed by atoms with van der Waals surface area (Å²) in [6.45, 7) is 2.52. The Morgan fingerprint density at radius 2 is 1.96 bits per heavy atom. The molecule has 128 valence electrons. The summed E-state index contributed by atoms with van der Waals surface area (Å²) < 4.78 is 0. The maximum Gasteiger partial charge on any atom is 0.321 e. The van der Waals surface area contributed by atoms with Crippen LogP contribution in [0.5, 0.6) is 0 Å². The first-order valence-electron chi connectivity index (χ1n) is 8.18. The van der Waals surface area contributed by atoms with E-state index in [1.807, 2.05) is 43.3 Å². The Morgan fingerprint density at radius 3 is 2.68 bits per heavy atom. The molecule has 0 amide bonds. The van der Waals surface area contributed by atoms with E-state index in [-0.39, 0.29) is 0 Å². The van der Waals surface area contributed by atoms with E-state index in [2.05, 4.69) is 20.6 Å². The van der Waals surface area contributed by atoms with Gasteiger partial charge in [0, 0.05) is 35.1 Å². The van der Waals surface area contributed by atoms with Crippen LogP contribution in [-0.2, 0) is 11.2 Å². The minimum Gasteiger partial charge on any atom is -0.480 e. The van der Waals surface area contributed by atoms with E-state index in [9.17, 15) is 9.90 Å². The largest absolute Gasteiger partial charge is 0.480 e. The van der Waals surface area contributed by atoms with Crippen LogP contribution in [0, 0.1) is 0 Å². The molecule has 0 aliphatic heterocycles. The maximum absolute atomic E-state index is 11.2. The number of nitrogens with one attached hydrogen (secondary N) is 2. The van der Waals surface area contributed by atoms with Crippen LogP contribution >= 0.6 is 0 Å². The van der Waals surface area contributed by atoms with Gasteiger partial charge in [-0.05, 0) is 42.8 Å². The summed E-state index contributed by atoms with van der Waals surface area (Å²) in [5.74, 6) is -0.0682. The van der Waals surface area contributed by atoms with E-state index in [0.717, 1.165) is 27.8 Å². The molecule has 3 rings (SSSR count). The first-order valence-corrected chi connectivity index (χ1v) is 8.18. The molecule has 3 aromatic rings. The molecule has 3 N–H and O–H groups in total. The van der Waals surface area contributed by atoms with Gasteiger partial charge in [0.15, 0.2) is 0 Å². The highest BCUT2D eigenvalue weighted by molar-refractivity contribution is 5.92. The summed E-state index contributed by atoms with van der Waals surface area (Å²) in [6.07, 6.45) is 5.74. The lowest BCUT2D eigenvalue weighted by molar-refractivity contribution is -0.139. The third-order valence-electron chi connectivity index (χ3n) is 3.97. The summed E-state index contributed by atoms with van der Waals surface area (Å²) in [5.41, 5.74) is 1.87. The molecule has 0 bridgehead atoms. The number of anilines is 2. The Kier molecular flexibility index (Phi) is 5.20. The van der Waals surface area contributed by atoms with Crippen LogP contribution in [0.25, 0.3) is 10.8 Å². The highest BCUT2D eigenvalue weighted by atomic mass is 16.4. The smallest absolute Gasteiger partial charge is 0.321 e. The van der Waals surface area contributed by atoms with Gasteiger partial charge in [0.05, 0.1) is 0 Å². The van der Waals surface area contributed by atoms with Crippen molar-refractivity contribution >= 4 is 28.2 Å². The van der Waals surface area contributed by atoms with Crippen molar-refractivity contribution < 1.29 is 9.90 Å². The molecule has 0 unspecified atom stereocenters. The first-order chi connectivity index (χ1) is 12.2. The number of rotatable bonds is 7. The molecule has 0 radical (unpaired) electrons. The fraction of sp³-hybridized carbons (Fsp3) is 0.211. The van der Waals surface area contributed by atoms with Crippen LogP contribution < -0.4 is 10.6 Å². The molecule has 6 nitrogen and oxygen atoms in total. The highest BCUT2D eigenvalue weighted by Crippen LogP contribution is 2.23. The molecule has 0 fully saturated rings. The molecule has 25 heavy (non-hydrogen) atoms. The second kappa shape index (κ2) is 7.72. The monoisotopic (exact) mass is 336 g/mol. The quantitative estimate of drug-likeness (QED) is 0.615. The minimum absolute atomic E-state index is 0.446. The number of carboxylic acids is 1. The lowest BCUT2D eigenvalue weighted by Crippen LogP contribution is -2.38. The van der Waals surface area contributed by atoms with Gasteiger partial charge >= 0.3 is 5.97 Å². The molecule has 0 saturated heterocycles. The van der Waals surface area contributed by atoms with Gasteiger partial charge in [-0.2, -0.15) is 0 Å². The van der Waals surface area contributed by atoms with Crippen molar-refractivity contribution in [2.45, 2.75) is 19.4 Å². The Hall–Kier alpha value is -2.99. The topological polar surface area (TPSA) is 87.1 Å². The van der Waals surface area contributed by atoms with Crippen molar-refractivity contribution in [2.24, 2.45) is 0 Å². The van der Waals surface area contributed by atoms with Gasteiger partial charge in [0.25, 0.3) is 0 Å². The van der Waals surface area contributed by atoms with Gasteiger partial charge < -0.3 is 15.7 Å². The van der Waals surface area contributed by atoms with Crippen molar-refractivity contribution in [3.63, 3.8) is 0 Å². The number of carbonyl (C=O) groups is 1. The van der Waals surface area contributed by atoms with Gasteiger partial charge in [-0.3, -0.25) is 9.78 Å². The van der Waals surface area contributed by atoms with E-state index in [1.54, 1.807) is 18.6 Å². The number of hydrogen-bond donors (Lipinski definition) is 3. The number of likely N-dealkylation sites (N-methyl/N-ethyl adjacent to an activating group) is 1. The maximum atomic E-state index is 11.2. The van der Waals surface area contributed by atoms with E-state index >= 15 is 0 Å². The molecule has 0 spiro atoms. The van der Waals surface area contributed by atoms with E-state index in [1.165, 1.54) is 0 Å². The molecule has 6 heteroatoms. The van der Waals surface area contributed by atoms with Gasteiger partial charge in [0.2, 0.25) is 0 Å². The van der Waals surface area contributed by atoms with Gasteiger partial charge in [-0.25, -0.2) is 4.98 Å². The van der Waals surface area contributed by atoms with E-state index < -0.39 is 12.0 Å². The predicted octanol–water partition coefficient (Wildman–Crippen LogP) is 2.98. The second-order valence-electron chi connectivity index (χ2n) is 5.73. The number of aromatic nitrogens is 2. The zero-order valence-electron chi connectivity index (χ0n) is 13.9. The summed E-state index contributed by atoms with van der Waals surface area (Å²) in [5, 5.41) is 17.5. The number of hydrogen-bond acceptors (Lipinski definition) is 5. The highest BCUT2D eigenvalue weighted by Gasteiger charge is 2.16. The number of nitrogens with zero attached hydrogens (tertiary/aromatic N) is 2. The fourth-order valence-electron chi connectivity index (χ4n) is 2.71. The molecule has 1 aromatic carbocycles. The second-order valence-corrected chi connectivity index (χ2v) is 5.73. The number of benzene rings is 1. The Bertz CT molecular complexity index is 859. The zero-order chi connectivity index (χ0) is 17.6. The number of carboxylic acid groups (broad SMARTS) is 1. The standard InChI is InChI=1S/C19H20N4O2/c1-2-21-17(19(24)25)11-13-3-5-15(6-4-13)23-18-16-8-9-20-12-14(16)7-10-22-18/h3-10,12,17,21H,2,11H2,1H3,(H,22,23)(H,24,25)/t17-/m0/s1. The predicted molar refractivity (Wildman–Crippen MR) is 98.1 cm³/mol. The van der Waals surface area contributed by atoms with Crippen LogP contribution in [0.15, 0.2) is 55.0 Å². The molecule has 0 saturated carbocycles. The molecule has 0 aliphatic carbocycles. The van der Waals surface area contributed by atoms with Crippen molar-refractivity contribution in [3.05, 3.63) is 60.6 Å². The van der Waals surface area contributed by atoms with Crippen LogP contribution in [0.4, 0.5) is 11.5 Å². The Balaban J connectivity index is 1.75. The Labute approximate surface area is 145 Å². The third kappa shape index (κ3) is 4.10. The normalized spacial score (nSPS) is 12.0. The van der Waals surface area contributed by atoms with Crippen LogP contribution in [-0.4, -0.2) is 33.6 Å². The minimum atomic E-state index is -0.836. The molecular formula is C19H20N4O2. The summed E-state index contributed by atoms with van der Waals surface area (Å²) in [4.78, 5) is 19.8. The van der Waals surface area contributed by atoms with Gasteiger partial charge in [-0.15, -0.1) is 0 Å². The van der Waals surface area contributed by atoms with Gasteiger partial charge in [0.1, 0.15) is 11.9 Å². The number of fused-ring (bicyclic) bond motifs is 1. The molecule has 2 heterocycles. The molecule has 0 aliphatic rings. The molecule has 2 aromatic heterocycles. The van der Waals surface area contributed by atoms with Crippen LogP contribution in [0.3, 0.4) is 0 Å². The van der Waals surface area contributed by atoms with Crippen molar-refractivity contribution in [2.75, 3.05) is 11.9 Å².